The molecule has 3 unspecified atom stereocenters. The molecule has 0 aliphatic carbocycles. The predicted octanol–water partition coefficient (Wildman–Crippen LogP) is 2.12. The van der Waals surface area contributed by atoms with Crippen LogP contribution in [0.1, 0.15) is 40.5 Å². The van der Waals surface area contributed by atoms with Crippen LogP contribution in [0.5, 0.6) is 0 Å². The lowest BCUT2D eigenvalue weighted by Gasteiger charge is -2.42. The first-order chi connectivity index (χ1) is 8.04. The van der Waals surface area contributed by atoms with Gasteiger partial charge in [-0.05, 0) is 25.7 Å². The summed E-state index contributed by atoms with van der Waals surface area (Å²) >= 11 is 0. The summed E-state index contributed by atoms with van der Waals surface area (Å²) in [5.41, 5.74) is 0. The fraction of sp³-hybridized carbons (Fsp3) is 1.00. The summed E-state index contributed by atoms with van der Waals surface area (Å²) in [6.45, 7) is 12.2. The third-order valence-electron chi connectivity index (χ3n) is 3.76. The van der Waals surface area contributed by atoms with Gasteiger partial charge in [0.15, 0.2) is 0 Å². The quantitative estimate of drug-likeness (QED) is 0.772. The SMILES string of the molecule is COCC(CNC(C)C)N1CC(C)CCC1C. The summed E-state index contributed by atoms with van der Waals surface area (Å²) in [7, 11) is 1.81. The van der Waals surface area contributed by atoms with Crippen molar-refractivity contribution in [2.75, 3.05) is 26.8 Å². The predicted molar refractivity (Wildman–Crippen MR) is 73.4 cm³/mol. The summed E-state index contributed by atoms with van der Waals surface area (Å²) in [6, 6.07) is 1.76. The monoisotopic (exact) mass is 242 g/mol. The zero-order valence-corrected chi connectivity index (χ0v) is 12.2. The topological polar surface area (TPSA) is 24.5 Å². The average Bonchev–Trinajstić information content (AvgIpc) is 2.27. The number of hydrogen-bond donors (Lipinski definition) is 1. The minimum atomic E-state index is 0.514. The molecule has 0 amide bonds. The number of nitrogens with zero attached hydrogens (tertiary/aromatic N) is 1. The van der Waals surface area contributed by atoms with Gasteiger partial charge >= 0.3 is 0 Å². The van der Waals surface area contributed by atoms with Gasteiger partial charge in [0.05, 0.1) is 6.61 Å². The maximum Gasteiger partial charge on any atom is 0.0630 e. The number of likely N-dealkylation sites (tertiary alicyclic amines) is 1. The number of methoxy groups -OCH3 is 1. The third-order valence-corrected chi connectivity index (χ3v) is 3.76. The second-order valence-electron chi connectivity index (χ2n) is 5.90. The molecular formula is C14H30N2O. The van der Waals surface area contributed by atoms with Crippen LogP contribution in [-0.2, 0) is 4.74 Å². The Bertz CT molecular complexity index is 208. The molecule has 102 valence electrons. The number of piperidine rings is 1. The lowest BCUT2D eigenvalue weighted by atomic mass is 9.93. The summed E-state index contributed by atoms with van der Waals surface area (Å²) in [4.78, 5) is 2.63. The Morgan fingerprint density at radius 3 is 2.59 bits per heavy atom. The second kappa shape index (κ2) is 7.34. The second-order valence-corrected chi connectivity index (χ2v) is 5.90. The van der Waals surface area contributed by atoms with Crippen LogP contribution in [0.15, 0.2) is 0 Å². The molecule has 1 aliphatic heterocycles. The van der Waals surface area contributed by atoms with Crippen LogP contribution in [0.2, 0.25) is 0 Å². The van der Waals surface area contributed by atoms with E-state index in [1.54, 1.807) is 7.11 Å². The highest BCUT2D eigenvalue weighted by atomic mass is 16.5. The Balaban J connectivity index is 2.53. The first-order valence-electron chi connectivity index (χ1n) is 7.02. The summed E-state index contributed by atoms with van der Waals surface area (Å²) in [5.74, 6) is 0.824. The van der Waals surface area contributed by atoms with Crippen LogP contribution in [-0.4, -0.2) is 49.8 Å². The van der Waals surface area contributed by atoms with Crippen molar-refractivity contribution < 1.29 is 4.74 Å². The number of rotatable bonds is 6. The Kier molecular flexibility index (Phi) is 6.45. The fourth-order valence-corrected chi connectivity index (χ4v) is 2.67. The van der Waals surface area contributed by atoms with Gasteiger partial charge in [0.25, 0.3) is 0 Å². The molecule has 0 spiro atoms. The lowest BCUT2D eigenvalue weighted by molar-refractivity contribution is 0.0297. The first-order valence-corrected chi connectivity index (χ1v) is 7.02. The normalized spacial score (nSPS) is 28.6. The molecule has 0 aromatic heterocycles. The van der Waals surface area contributed by atoms with Gasteiger partial charge < -0.3 is 10.1 Å². The Morgan fingerprint density at radius 2 is 2.00 bits per heavy atom. The number of hydrogen-bond acceptors (Lipinski definition) is 3. The van der Waals surface area contributed by atoms with Gasteiger partial charge in [-0.3, -0.25) is 4.90 Å². The molecule has 0 bridgehead atoms. The van der Waals surface area contributed by atoms with Crippen molar-refractivity contribution >= 4 is 0 Å². The highest BCUT2D eigenvalue weighted by molar-refractivity contribution is 4.84. The molecule has 1 rings (SSSR count). The fourth-order valence-electron chi connectivity index (χ4n) is 2.67. The maximum atomic E-state index is 5.39. The molecule has 3 heteroatoms. The van der Waals surface area contributed by atoms with E-state index in [9.17, 15) is 0 Å². The van der Waals surface area contributed by atoms with E-state index in [1.807, 2.05) is 0 Å². The van der Waals surface area contributed by atoms with Gasteiger partial charge in [0.2, 0.25) is 0 Å². The van der Waals surface area contributed by atoms with E-state index in [2.05, 4.69) is 37.9 Å². The first kappa shape index (κ1) is 14.9. The Labute approximate surface area is 107 Å². The van der Waals surface area contributed by atoms with Crippen molar-refractivity contribution in [3.63, 3.8) is 0 Å². The molecule has 0 radical (unpaired) electrons. The van der Waals surface area contributed by atoms with Crippen LogP contribution in [0, 0.1) is 5.92 Å². The molecule has 1 heterocycles. The van der Waals surface area contributed by atoms with E-state index < -0.39 is 0 Å². The van der Waals surface area contributed by atoms with Crippen LogP contribution in [0.4, 0.5) is 0 Å². The molecule has 0 aromatic carbocycles. The molecule has 17 heavy (non-hydrogen) atoms. The average molecular weight is 242 g/mol. The molecule has 1 aliphatic rings. The molecule has 0 saturated carbocycles. The summed E-state index contributed by atoms with van der Waals surface area (Å²) in [5, 5.41) is 3.54. The smallest absolute Gasteiger partial charge is 0.0630 e. The van der Waals surface area contributed by atoms with Crippen molar-refractivity contribution in [3.8, 4) is 0 Å². The van der Waals surface area contributed by atoms with Crippen LogP contribution >= 0.6 is 0 Å². The van der Waals surface area contributed by atoms with Crippen molar-refractivity contribution in [1.29, 1.82) is 0 Å². The van der Waals surface area contributed by atoms with E-state index in [-0.39, 0.29) is 0 Å². The van der Waals surface area contributed by atoms with Gasteiger partial charge in [0, 0.05) is 38.3 Å². The van der Waals surface area contributed by atoms with Gasteiger partial charge in [-0.15, -0.1) is 0 Å². The summed E-state index contributed by atoms with van der Waals surface area (Å²) < 4.78 is 5.39. The molecule has 1 N–H and O–H groups in total. The largest absolute Gasteiger partial charge is 0.383 e. The molecule has 3 atom stereocenters. The molecule has 0 aromatic rings. The van der Waals surface area contributed by atoms with Gasteiger partial charge in [-0.1, -0.05) is 20.8 Å². The lowest BCUT2D eigenvalue weighted by Crippen LogP contribution is -2.53. The number of nitrogens with one attached hydrogen (secondary N) is 1. The number of ether oxygens (including phenoxy) is 1. The van der Waals surface area contributed by atoms with Crippen molar-refractivity contribution in [2.24, 2.45) is 5.92 Å². The van der Waals surface area contributed by atoms with Crippen molar-refractivity contribution in [2.45, 2.75) is 58.7 Å². The zero-order valence-electron chi connectivity index (χ0n) is 12.2. The van der Waals surface area contributed by atoms with E-state index >= 15 is 0 Å². The van der Waals surface area contributed by atoms with E-state index in [0.29, 0.717) is 18.1 Å². The van der Waals surface area contributed by atoms with Gasteiger partial charge in [-0.25, -0.2) is 0 Å². The third kappa shape index (κ3) is 4.94. The molecular weight excluding hydrogens is 212 g/mol. The van der Waals surface area contributed by atoms with Gasteiger partial charge in [0.1, 0.15) is 0 Å². The van der Waals surface area contributed by atoms with Crippen LogP contribution in [0.3, 0.4) is 0 Å². The minimum absolute atomic E-state index is 0.514. The Morgan fingerprint density at radius 1 is 1.29 bits per heavy atom. The highest BCUT2D eigenvalue weighted by Gasteiger charge is 2.28. The highest BCUT2D eigenvalue weighted by Crippen LogP contribution is 2.23. The maximum absolute atomic E-state index is 5.39. The molecule has 1 fully saturated rings. The van der Waals surface area contributed by atoms with Crippen LogP contribution < -0.4 is 5.32 Å². The van der Waals surface area contributed by atoms with Gasteiger partial charge in [-0.2, -0.15) is 0 Å². The Hall–Kier alpha value is -0.120. The molecule has 3 nitrogen and oxygen atoms in total. The molecule has 1 saturated heterocycles. The van der Waals surface area contributed by atoms with Crippen molar-refractivity contribution in [3.05, 3.63) is 0 Å². The minimum Gasteiger partial charge on any atom is -0.383 e. The van der Waals surface area contributed by atoms with E-state index in [4.69, 9.17) is 4.74 Å². The standard InChI is InChI=1S/C14H30N2O/c1-11(2)15-8-14(10-17-5)16-9-12(3)6-7-13(16)4/h11-15H,6-10H2,1-5H3. The van der Waals surface area contributed by atoms with Crippen LogP contribution in [0.25, 0.3) is 0 Å². The zero-order chi connectivity index (χ0) is 12.8. The summed E-state index contributed by atoms with van der Waals surface area (Å²) in [6.07, 6.45) is 2.69. The van der Waals surface area contributed by atoms with E-state index in [1.165, 1.54) is 19.4 Å². The van der Waals surface area contributed by atoms with E-state index in [0.717, 1.165) is 19.1 Å². The van der Waals surface area contributed by atoms with Crippen molar-refractivity contribution in [1.82, 2.24) is 10.2 Å².